The Kier molecular flexibility index (Phi) is 5.32. The maximum Gasteiger partial charge on any atom is 0.279 e. The molecule has 0 radical (unpaired) electrons. The Morgan fingerprint density at radius 1 is 1.27 bits per heavy atom. The topological polar surface area (TPSA) is 49.4 Å². The smallest absolute Gasteiger partial charge is 0.201 e. The number of nitrogens with zero attached hydrogens (tertiary/aromatic N) is 1. The lowest BCUT2D eigenvalue weighted by Gasteiger charge is -2.20. The Morgan fingerprint density at radius 3 is 2.27 bits per heavy atom. The van der Waals surface area contributed by atoms with E-state index in [0.717, 1.165) is 25.7 Å². The molecule has 0 spiro atoms. The maximum absolute atomic E-state index is 11.8. The van der Waals surface area contributed by atoms with Gasteiger partial charge >= 0.3 is 0 Å². The molecule has 0 aromatic carbocycles. The summed E-state index contributed by atoms with van der Waals surface area (Å²) in [7, 11) is -3.30. The quantitative estimate of drug-likeness (QED) is 0.770. The summed E-state index contributed by atoms with van der Waals surface area (Å²) in [4.78, 5) is 0. The predicted octanol–water partition coefficient (Wildman–Crippen LogP) is 1.32. The highest BCUT2D eigenvalue weighted by atomic mass is 35.5. The molecule has 4 nitrogen and oxygen atoms in total. The lowest BCUT2D eigenvalue weighted by Crippen LogP contribution is -2.42. The molecule has 1 N–H and O–H groups in total. The number of alkyl halides is 1. The number of halogens is 1. The van der Waals surface area contributed by atoms with Gasteiger partial charge in [0, 0.05) is 25.0 Å². The fourth-order valence-electron chi connectivity index (χ4n) is 1.59. The molecule has 1 atom stereocenters. The first-order valence-corrected chi connectivity index (χ1v) is 7.29. The molecule has 1 heterocycles. The van der Waals surface area contributed by atoms with E-state index in [0.29, 0.717) is 19.6 Å². The molecule has 15 heavy (non-hydrogen) atoms. The van der Waals surface area contributed by atoms with Gasteiger partial charge in [0.25, 0.3) is 10.2 Å². The molecule has 1 aliphatic heterocycles. The largest absolute Gasteiger partial charge is 0.279 e. The van der Waals surface area contributed by atoms with Crippen LogP contribution in [0.15, 0.2) is 0 Å². The number of hydrogen-bond acceptors (Lipinski definition) is 2. The Morgan fingerprint density at radius 2 is 1.80 bits per heavy atom. The summed E-state index contributed by atoms with van der Waals surface area (Å²) in [6.07, 6.45) is 4.16. The highest BCUT2D eigenvalue weighted by Crippen LogP contribution is 2.12. The average molecular weight is 255 g/mol. The first-order valence-electron chi connectivity index (χ1n) is 5.41. The number of hydrogen-bond donors (Lipinski definition) is 1. The molecule has 1 saturated heterocycles. The average Bonchev–Trinajstić information content (AvgIpc) is 2.43. The summed E-state index contributed by atoms with van der Waals surface area (Å²) in [6.45, 7) is 3.32. The first-order chi connectivity index (χ1) is 7.02. The van der Waals surface area contributed by atoms with Crippen LogP contribution in [-0.4, -0.2) is 37.7 Å². The van der Waals surface area contributed by atoms with E-state index in [1.165, 1.54) is 4.31 Å². The summed E-state index contributed by atoms with van der Waals surface area (Å²) in [5.41, 5.74) is 0. The van der Waals surface area contributed by atoms with Crippen molar-refractivity contribution in [3.8, 4) is 0 Å². The van der Waals surface area contributed by atoms with Gasteiger partial charge in [0.1, 0.15) is 0 Å². The van der Waals surface area contributed by atoms with E-state index in [4.69, 9.17) is 11.6 Å². The minimum atomic E-state index is -3.30. The molecule has 1 fully saturated rings. The SMILES string of the molecule is CC(Cl)CNS(=O)(=O)N1CCCCCC1. The zero-order valence-electron chi connectivity index (χ0n) is 9.08. The molecular formula is C9H19ClN2O2S. The minimum absolute atomic E-state index is 0.174. The molecule has 0 aromatic heterocycles. The van der Waals surface area contributed by atoms with Crippen LogP contribution < -0.4 is 4.72 Å². The monoisotopic (exact) mass is 254 g/mol. The molecule has 1 unspecified atom stereocenters. The molecule has 0 saturated carbocycles. The summed E-state index contributed by atoms with van der Waals surface area (Å²) >= 11 is 5.71. The van der Waals surface area contributed by atoms with Crippen LogP contribution in [-0.2, 0) is 10.2 Å². The third-order valence-electron chi connectivity index (χ3n) is 2.45. The van der Waals surface area contributed by atoms with E-state index in [-0.39, 0.29) is 5.38 Å². The lowest BCUT2D eigenvalue weighted by atomic mass is 10.2. The van der Waals surface area contributed by atoms with E-state index in [9.17, 15) is 8.42 Å². The van der Waals surface area contributed by atoms with Crippen molar-refractivity contribution in [2.24, 2.45) is 0 Å². The van der Waals surface area contributed by atoms with Gasteiger partial charge in [-0.1, -0.05) is 12.8 Å². The van der Waals surface area contributed by atoms with E-state index < -0.39 is 10.2 Å². The van der Waals surface area contributed by atoms with Crippen LogP contribution in [0.1, 0.15) is 32.6 Å². The third kappa shape index (κ3) is 4.68. The van der Waals surface area contributed by atoms with Gasteiger partial charge < -0.3 is 0 Å². The van der Waals surface area contributed by atoms with Crippen LogP contribution in [0.2, 0.25) is 0 Å². The van der Waals surface area contributed by atoms with Crippen LogP contribution in [0, 0.1) is 0 Å². The van der Waals surface area contributed by atoms with Gasteiger partial charge in [-0.3, -0.25) is 0 Å². The molecular weight excluding hydrogens is 236 g/mol. The van der Waals surface area contributed by atoms with E-state index in [2.05, 4.69) is 4.72 Å². The van der Waals surface area contributed by atoms with Crippen LogP contribution in [0.5, 0.6) is 0 Å². The third-order valence-corrected chi connectivity index (χ3v) is 4.18. The second-order valence-corrected chi connectivity index (χ2v) is 6.45. The Balaban J connectivity index is 2.51. The van der Waals surface area contributed by atoms with Gasteiger partial charge in [0.05, 0.1) is 0 Å². The van der Waals surface area contributed by atoms with Gasteiger partial charge in [0.2, 0.25) is 0 Å². The summed E-state index contributed by atoms with van der Waals surface area (Å²) < 4.78 is 27.6. The van der Waals surface area contributed by atoms with Crippen LogP contribution in [0.25, 0.3) is 0 Å². The van der Waals surface area contributed by atoms with Crippen molar-refractivity contribution < 1.29 is 8.42 Å². The molecule has 1 aliphatic rings. The molecule has 0 aromatic rings. The van der Waals surface area contributed by atoms with Gasteiger partial charge in [0.15, 0.2) is 0 Å². The fraction of sp³-hybridized carbons (Fsp3) is 1.00. The van der Waals surface area contributed by atoms with Gasteiger partial charge in [-0.15, -0.1) is 11.6 Å². The van der Waals surface area contributed by atoms with Crippen molar-refractivity contribution in [3.63, 3.8) is 0 Å². The molecule has 0 aliphatic carbocycles. The van der Waals surface area contributed by atoms with Crippen LogP contribution in [0.3, 0.4) is 0 Å². The van der Waals surface area contributed by atoms with E-state index >= 15 is 0 Å². The van der Waals surface area contributed by atoms with Crippen LogP contribution >= 0.6 is 11.6 Å². The first kappa shape index (κ1) is 13.2. The van der Waals surface area contributed by atoms with E-state index in [1.54, 1.807) is 6.92 Å². The van der Waals surface area contributed by atoms with Gasteiger partial charge in [-0.2, -0.15) is 12.7 Å². The summed E-state index contributed by atoms with van der Waals surface area (Å²) in [6, 6.07) is 0. The van der Waals surface area contributed by atoms with E-state index in [1.807, 2.05) is 0 Å². The molecule has 1 rings (SSSR count). The Hall–Kier alpha value is 0.160. The fourth-order valence-corrected chi connectivity index (χ4v) is 3.14. The molecule has 0 bridgehead atoms. The van der Waals surface area contributed by atoms with Crippen molar-refractivity contribution in [3.05, 3.63) is 0 Å². The zero-order chi connectivity index (χ0) is 11.3. The van der Waals surface area contributed by atoms with Crippen molar-refractivity contribution in [1.29, 1.82) is 0 Å². The molecule has 90 valence electrons. The van der Waals surface area contributed by atoms with Gasteiger partial charge in [-0.05, 0) is 19.8 Å². The van der Waals surface area contributed by atoms with Crippen molar-refractivity contribution in [1.82, 2.24) is 9.03 Å². The predicted molar refractivity (Wildman–Crippen MR) is 62.3 cm³/mol. The van der Waals surface area contributed by atoms with Crippen molar-refractivity contribution in [2.45, 2.75) is 38.0 Å². The Bertz CT molecular complexity index is 272. The Labute approximate surface area is 97.2 Å². The highest BCUT2D eigenvalue weighted by molar-refractivity contribution is 7.87. The molecule has 6 heteroatoms. The van der Waals surface area contributed by atoms with Crippen molar-refractivity contribution in [2.75, 3.05) is 19.6 Å². The zero-order valence-corrected chi connectivity index (χ0v) is 10.6. The normalized spacial score (nSPS) is 22.3. The highest BCUT2D eigenvalue weighted by Gasteiger charge is 2.22. The second-order valence-electron chi connectivity index (χ2n) is 3.95. The number of nitrogens with one attached hydrogen (secondary N) is 1. The lowest BCUT2D eigenvalue weighted by molar-refractivity contribution is 0.415. The van der Waals surface area contributed by atoms with Crippen molar-refractivity contribution >= 4 is 21.8 Å². The summed E-state index contributed by atoms with van der Waals surface area (Å²) in [5, 5.41) is -0.174. The maximum atomic E-state index is 11.8. The minimum Gasteiger partial charge on any atom is -0.201 e. The second kappa shape index (κ2) is 6.03. The number of rotatable bonds is 4. The van der Waals surface area contributed by atoms with Crippen LogP contribution in [0.4, 0.5) is 0 Å². The molecule has 0 amide bonds. The standard InChI is InChI=1S/C9H19ClN2O2S/c1-9(10)8-11-15(13,14)12-6-4-2-3-5-7-12/h9,11H,2-8H2,1H3. The summed E-state index contributed by atoms with van der Waals surface area (Å²) in [5.74, 6) is 0. The van der Waals surface area contributed by atoms with Gasteiger partial charge in [-0.25, -0.2) is 4.72 Å².